The van der Waals surface area contributed by atoms with Gasteiger partial charge in [0.15, 0.2) is 0 Å². The fourth-order valence-corrected chi connectivity index (χ4v) is 3.28. The van der Waals surface area contributed by atoms with Crippen LogP contribution in [0.25, 0.3) is 0 Å². The zero-order valence-electron chi connectivity index (χ0n) is 10.1. The Morgan fingerprint density at radius 3 is 2.56 bits per heavy atom. The van der Waals surface area contributed by atoms with Gasteiger partial charge in [0.1, 0.15) is 4.88 Å². The van der Waals surface area contributed by atoms with Crippen molar-refractivity contribution in [2.75, 3.05) is 0 Å². The average molecular weight is 258 g/mol. The molecule has 1 aromatic rings. The lowest BCUT2D eigenvalue weighted by atomic mass is 10.2. The molecular weight excluding hydrogens is 240 g/mol. The summed E-state index contributed by atoms with van der Waals surface area (Å²) in [7, 11) is 0. The van der Waals surface area contributed by atoms with Crippen LogP contribution in [0.5, 0.6) is 0 Å². The molecule has 0 aromatic carbocycles. The van der Waals surface area contributed by atoms with Gasteiger partial charge in [-0.05, 0) is 24.5 Å². The quantitative estimate of drug-likeness (QED) is 0.866. The van der Waals surface area contributed by atoms with Crippen molar-refractivity contribution < 1.29 is 9.90 Å². The van der Waals surface area contributed by atoms with Gasteiger partial charge in [0.2, 0.25) is 0 Å². The number of aromatic carboxylic acids is 1. The molecule has 1 rings (SSSR count). The number of thioether (sulfide) groups is 1. The number of carboxylic acids is 1. The second kappa shape index (κ2) is 5.73. The van der Waals surface area contributed by atoms with Gasteiger partial charge in [-0.2, -0.15) is 11.8 Å². The monoisotopic (exact) mass is 258 g/mol. The molecule has 2 nitrogen and oxygen atoms in total. The van der Waals surface area contributed by atoms with E-state index in [0.717, 1.165) is 10.6 Å². The molecule has 0 saturated carbocycles. The molecule has 1 aromatic heterocycles. The second-order valence-corrected chi connectivity index (χ2v) is 6.88. The number of aryl methyl sites for hydroxylation is 1. The van der Waals surface area contributed by atoms with Gasteiger partial charge in [-0.1, -0.05) is 20.8 Å². The smallest absolute Gasteiger partial charge is 0.345 e. The Morgan fingerprint density at radius 1 is 1.50 bits per heavy atom. The largest absolute Gasteiger partial charge is 0.477 e. The van der Waals surface area contributed by atoms with Crippen LogP contribution in [0.15, 0.2) is 6.07 Å². The van der Waals surface area contributed by atoms with Crippen molar-refractivity contribution >= 4 is 29.1 Å². The van der Waals surface area contributed by atoms with Gasteiger partial charge in [0, 0.05) is 15.9 Å². The first-order valence-corrected chi connectivity index (χ1v) is 7.22. The van der Waals surface area contributed by atoms with E-state index in [2.05, 4.69) is 20.8 Å². The molecule has 4 heteroatoms. The molecule has 0 saturated heterocycles. The maximum absolute atomic E-state index is 10.8. The van der Waals surface area contributed by atoms with Crippen LogP contribution in [0.2, 0.25) is 0 Å². The SMILES string of the molecule is Cc1sc(C(=O)O)cc1CSC(C)C(C)C. The molecule has 0 aliphatic heterocycles. The van der Waals surface area contributed by atoms with Gasteiger partial charge in [0.05, 0.1) is 0 Å². The van der Waals surface area contributed by atoms with E-state index < -0.39 is 5.97 Å². The number of hydrogen-bond acceptors (Lipinski definition) is 3. The summed E-state index contributed by atoms with van der Waals surface area (Å²) in [5.74, 6) is 0.749. The van der Waals surface area contributed by atoms with Crippen LogP contribution >= 0.6 is 23.1 Å². The lowest BCUT2D eigenvalue weighted by Gasteiger charge is -2.14. The van der Waals surface area contributed by atoms with Crippen molar-refractivity contribution in [2.45, 2.75) is 38.7 Å². The number of carbonyl (C=O) groups is 1. The molecule has 90 valence electrons. The Labute approximate surface area is 105 Å². The van der Waals surface area contributed by atoms with Crippen molar-refractivity contribution in [2.24, 2.45) is 5.92 Å². The molecule has 0 radical (unpaired) electrons. The summed E-state index contributed by atoms with van der Waals surface area (Å²) in [5.41, 5.74) is 1.17. The first kappa shape index (κ1) is 13.6. The third-order valence-corrected chi connectivity index (χ3v) is 5.30. The first-order chi connectivity index (χ1) is 7.41. The summed E-state index contributed by atoms with van der Waals surface area (Å²) >= 11 is 3.26. The summed E-state index contributed by atoms with van der Waals surface area (Å²) in [6.07, 6.45) is 0. The minimum Gasteiger partial charge on any atom is -0.477 e. The van der Waals surface area contributed by atoms with Gasteiger partial charge in [0.25, 0.3) is 0 Å². The molecule has 0 amide bonds. The molecule has 16 heavy (non-hydrogen) atoms. The summed E-state index contributed by atoms with van der Waals surface area (Å²) < 4.78 is 0. The van der Waals surface area contributed by atoms with Crippen molar-refractivity contribution in [3.05, 3.63) is 21.4 Å². The molecule has 1 N–H and O–H groups in total. The van der Waals surface area contributed by atoms with Crippen molar-refractivity contribution in [3.8, 4) is 0 Å². The van der Waals surface area contributed by atoms with E-state index in [-0.39, 0.29) is 0 Å². The number of thiophene rings is 1. The first-order valence-electron chi connectivity index (χ1n) is 5.36. The number of hydrogen-bond donors (Lipinski definition) is 1. The lowest BCUT2D eigenvalue weighted by molar-refractivity contribution is 0.0702. The van der Waals surface area contributed by atoms with E-state index >= 15 is 0 Å². The minimum atomic E-state index is -0.818. The van der Waals surface area contributed by atoms with Crippen LogP contribution in [-0.4, -0.2) is 16.3 Å². The predicted molar refractivity (Wildman–Crippen MR) is 71.6 cm³/mol. The third-order valence-electron chi connectivity index (χ3n) is 2.67. The zero-order chi connectivity index (χ0) is 12.3. The summed E-state index contributed by atoms with van der Waals surface area (Å²) in [6, 6.07) is 1.81. The fourth-order valence-electron chi connectivity index (χ4n) is 1.18. The normalized spacial score (nSPS) is 13.1. The molecule has 0 aliphatic carbocycles. The lowest BCUT2D eigenvalue weighted by Crippen LogP contribution is -2.05. The van der Waals surface area contributed by atoms with E-state index in [1.165, 1.54) is 16.9 Å². The molecular formula is C12H18O2S2. The Morgan fingerprint density at radius 2 is 2.12 bits per heavy atom. The summed E-state index contributed by atoms with van der Waals surface area (Å²) in [4.78, 5) is 12.4. The van der Waals surface area contributed by atoms with E-state index in [4.69, 9.17) is 5.11 Å². The zero-order valence-corrected chi connectivity index (χ0v) is 11.7. The van der Waals surface area contributed by atoms with Crippen LogP contribution in [0, 0.1) is 12.8 Å². The Kier molecular flexibility index (Phi) is 4.87. The Bertz CT molecular complexity index is 369. The molecule has 0 bridgehead atoms. The number of rotatable bonds is 5. The fraction of sp³-hybridized carbons (Fsp3) is 0.583. The minimum absolute atomic E-state index is 0.449. The number of carboxylic acid groups (broad SMARTS) is 1. The molecule has 0 fully saturated rings. The molecule has 0 aliphatic rings. The van der Waals surface area contributed by atoms with Crippen molar-refractivity contribution in [1.29, 1.82) is 0 Å². The highest BCUT2D eigenvalue weighted by molar-refractivity contribution is 7.99. The summed E-state index contributed by atoms with van der Waals surface area (Å²) in [5, 5.41) is 9.50. The van der Waals surface area contributed by atoms with Crippen LogP contribution in [0.4, 0.5) is 0 Å². The third kappa shape index (κ3) is 3.52. The standard InChI is InChI=1S/C12H18O2S2/c1-7(2)8(3)15-6-10-5-11(12(13)14)16-9(10)4/h5,7-8H,6H2,1-4H3,(H,13,14). The highest BCUT2D eigenvalue weighted by Crippen LogP contribution is 2.29. The van der Waals surface area contributed by atoms with Gasteiger partial charge < -0.3 is 5.11 Å². The van der Waals surface area contributed by atoms with Crippen LogP contribution in [0.1, 0.15) is 40.9 Å². The molecule has 1 atom stereocenters. The second-order valence-electron chi connectivity index (χ2n) is 4.26. The van der Waals surface area contributed by atoms with Crippen molar-refractivity contribution in [1.82, 2.24) is 0 Å². The van der Waals surface area contributed by atoms with Crippen LogP contribution in [0.3, 0.4) is 0 Å². The maximum Gasteiger partial charge on any atom is 0.345 e. The maximum atomic E-state index is 10.8. The van der Waals surface area contributed by atoms with E-state index in [0.29, 0.717) is 16.0 Å². The Hall–Kier alpha value is -0.480. The highest BCUT2D eigenvalue weighted by atomic mass is 32.2. The summed E-state index contributed by atoms with van der Waals surface area (Å²) in [6.45, 7) is 8.63. The highest BCUT2D eigenvalue weighted by Gasteiger charge is 2.13. The molecule has 1 heterocycles. The van der Waals surface area contributed by atoms with Gasteiger partial charge in [-0.25, -0.2) is 4.79 Å². The van der Waals surface area contributed by atoms with E-state index in [9.17, 15) is 4.79 Å². The van der Waals surface area contributed by atoms with E-state index in [1.54, 1.807) is 0 Å². The average Bonchev–Trinajstić information content (AvgIpc) is 2.56. The Balaban J connectivity index is 2.64. The van der Waals surface area contributed by atoms with Crippen molar-refractivity contribution in [3.63, 3.8) is 0 Å². The van der Waals surface area contributed by atoms with Crippen LogP contribution in [-0.2, 0) is 5.75 Å². The predicted octanol–water partition coefficient (Wildman–Crippen LogP) is 4.03. The van der Waals surface area contributed by atoms with Gasteiger partial charge >= 0.3 is 5.97 Å². The van der Waals surface area contributed by atoms with Gasteiger partial charge in [-0.3, -0.25) is 0 Å². The van der Waals surface area contributed by atoms with Crippen LogP contribution < -0.4 is 0 Å². The molecule has 0 spiro atoms. The topological polar surface area (TPSA) is 37.3 Å². The van der Waals surface area contributed by atoms with E-state index in [1.807, 2.05) is 24.8 Å². The van der Waals surface area contributed by atoms with Gasteiger partial charge in [-0.15, -0.1) is 11.3 Å². The molecule has 1 unspecified atom stereocenters.